The molecule has 3 N–H and O–H groups in total. The summed E-state index contributed by atoms with van der Waals surface area (Å²) >= 11 is 11.9. The van der Waals surface area contributed by atoms with Crippen LogP contribution in [0.5, 0.6) is 0 Å². The van der Waals surface area contributed by atoms with Gasteiger partial charge in [0.15, 0.2) is 0 Å². The number of hydrogen-bond donors (Lipinski definition) is 3. The number of hydrogen-bond acceptors (Lipinski definition) is 7. The molecule has 35 heavy (non-hydrogen) atoms. The van der Waals surface area contributed by atoms with E-state index in [9.17, 15) is 19.8 Å². The molecule has 194 valence electrons. The molecule has 9 nitrogen and oxygen atoms in total. The quantitative estimate of drug-likeness (QED) is 0.476. The van der Waals surface area contributed by atoms with Crippen molar-refractivity contribution in [1.29, 1.82) is 0 Å². The lowest BCUT2D eigenvalue weighted by molar-refractivity contribution is -0.178. The van der Waals surface area contributed by atoms with Gasteiger partial charge in [0.2, 0.25) is 5.91 Å². The number of rotatable bonds is 8. The van der Waals surface area contributed by atoms with E-state index >= 15 is 0 Å². The maximum absolute atomic E-state index is 13.0. The summed E-state index contributed by atoms with van der Waals surface area (Å²) in [5.41, 5.74) is 0.614. The number of aliphatic hydroxyl groups is 2. The van der Waals surface area contributed by atoms with Crippen molar-refractivity contribution >= 4 is 40.9 Å². The summed E-state index contributed by atoms with van der Waals surface area (Å²) < 4.78 is 0. The standard InChI is InChI=1S/C24H34Cl2N4O5/c1-16-22(33)29(11-12-30(16)35-23(34)27-17-4-5-19(25)20(26)13-17)18(15-31)3-2-9-28-10-8-24(6-7-24)21(32)14-28/h4-5,13,16,18,21,31-32H,2-3,6-12,14-15H2,1H3,(H,27,34)/t16-,18-,21+/m0/s1. The van der Waals surface area contributed by atoms with E-state index in [1.54, 1.807) is 24.0 Å². The molecule has 1 spiro atoms. The zero-order valence-corrected chi connectivity index (χ0v) is 21.5. The van der Waals surface area contributed by atoms with Gasteiger partial charge in [0.25, 0.3) is 0 Å². The molecule has 1 aliphatic carbocycles. The molecule has 0 aromatic heterocycles. The van der Waals surface area contributed by atoms with Gasteiger partial charge in [0, 0.05) is 18.8 Å². The van der Waals surface area contributed by atoms with Crippen LogP contribution in [0.3, 0.4) is 0 Å². The second-order valence-electron chi connectivity index (χ2n) is 9.89. The van der Waals surface area contributed by atoms with E-state index in [2.05, 4.69) is 10.2 Å². The minimum atomic E-state index is -0.730. The maximum Gasteiger partial charge on any atom is 0.430 e. The van der Waals surface area contributed by atoms with E-state index < -0.39 is 12.1 Å². The van der Waals surface area contributed by atoms with Crippen LogP contribution in [0.15, 0.2) is 18.2 Å². The van der Waals surface area contributed by atoms with E-state index in [1.807, 2.05) is 0 Å². The van der Waals surface area contributed by atoms with Gasteiger partial charge in [0.05, 0.1) is 35.3 Å². The molecular formula is C24H34Cl2N4O5. The van der Waals surface area contributed by atoms with Gasteiger partial charge in [-0.25, -0.2) is 4.79 Å². The van der Waals surface area contributed by atoms with E-state index in [0.717, 1.165) is 38.8 Å². The predicted octanol–water partition coefficient (Wildman–Crippen LogP) is 2.98. The Morgan fingerprint density at radius 1 is 1.23 bits per heavy atom. The summed E-state index contributed by atoms with van der Waals surface area (Å²) in [6, 6.07) is 3.71. The van der Waals surface area contributed by atoms with Gasteiger partial charge in [0.1, 0.15) is 6.04 Å². The molecule has 0 unspecified atom stereocenters. The van der Waals surface area contributed by atoms with Crippen LogP contribution in [0.1, 0.15) is 39.0 Å². The fraction of sp³-hybridized carbons (Fsp3) is 0.667. The zero-order valence-electron chi connectivity index (χ0n) is 20.0. The fourth-order valence-electron chi connectivity index (χ4n) is 5.10. The second-order valence-corrected chi connectivity index (χ2v) is 10.7. The van der Waals surface area contributed by atoms with Crippen molar-refractivity contribution in [3.8, 4) is 0 Å². The SMILES string of the molecule is C[C@H]1C(=O)N([C@H](CO)CCCN2CCC3(CC3)[C@H](O)C2)CCN1OC(=O)Nc1ccc(Cl)c(Cl)c1. The van der Waals surface area contributed by atoms with Crippen molar-refractivity contribution < 1.29 is 24.6 Å². The fourth-order valence-corrected chi connectivity index (χ4v) is 5.40. The zero-order chi connectivity index (χ0) is 25.2. The lowest BCUT2D eigenvalue weighted by Gasteiger charge is -2.41. The number of nitrogens with one attached hydrogen (secondary N) is 1. The van der Waals surface area contributed by atoms with Gasteiger partial charge in [-0.05, 0) is 75.7 Å². The minimum Gasteiger partial charge on any atom is -0.394 e. The van der Waals surface area contributed by atoms with Crippen molar-refractivity contribution in [3.05, 3.63) is 28.2 Å². The Hall–Kier alpha value is -1.62. The number of benzene rings is 1. The molecule has 2 saturated heterocycles. The molecule has 2 amide bonds. The number of aliphatic hydroxyl groups excluding tert-OH is 2. The number of β-amino-alcohol motifs (C(OH)–C–C–N with tert-alkyl or cyclic N) is 1. The van der Waals surface area contributed by atoms with Crippen molar-refractivity contribution in [3.63, 3.8) is 0 Å². The number of piperazine rings is 1. The third kappa shape index (κ3) is 6.21. The first-order chi connectivity index (χ1) is 16.7. The molecule has 3 fully saturated rings. The highest BCUT2D eigenvalue weighted by Crippen LogP contribution is 2.53. The highest BCUT2D eigenvalue weighted by atomic mass is 35.5. The lowest BCUT2D eigenvalue weighted by atomic mass is 9.90. The largest absolute Gasteiger partial charge is 0.430 e. The molecule has 11 heteroatoms. The second kappa shape index (κ2) is 11.2. The summed E-state index contributed by atoms with van der Waals surface area (Å²) in [5, 5.41) is 25.0. The number of amides is 2. The first-order valence-electron chi connectivity index (χ1n) is 12.2. The molecule has 2 aliphatic heterocycles. The molecule has 0 radical (unpaired) electrons. The van der Waals surface area contributed by atoms with Gasteiger partial charge in [-0.15, -0.1) is 5.06 Å². The molecule has 1 saturated carbocycles. The van der Waals surface area contributed by atoms with Crippen molar-refractivity contribution in [2.75, 3.05) is 44.6 Å². The maximum atomic E-state index is 13.0. The molecule has 3 atom stereocenters. The average Bonchev–Trinajstić information content (AvgIpc) is 3.61. The number of hydroxylamine groups is 2. The normalized spacial score (nSPS) is 25.5. The third-order valence-electron chi connectivity index (χ3n) is 7.62. The number of nitrogens with zero attached hydrogens (tertiary/aromatic N) is 3. The van der Waals surface area contributed by atoms with Crippen molar-refractivity contribution in [2.45, 2.75) is 57.2 Å². The van der Waals surface area contributed by atoms with E-state index in [-0.39, 0.29) is 30.1 Å². The van der Waals surface area contributed by atoms with Crippen LogP contribution >= 0.6 is 23.2 Å². The Kier molecular flexibility index (Phi) is 8.45. The van der Waals surface area contributed by atoms with Gasteiger partial charge in [-0.3, -0.25) is 10.1 Å². The number of likely N-dealkylation sites (tertiary alicyclic amines) is 1. The molecule has 4 rings (SSSR count). The summed E-state index contributed by atoms with van der Waals surface area (Å²) in [7, 11) is 0. The molecule has 3 aliphatic rings. The highest BCUT2D eigenvalue weighted by molar-refractivity contribution is 6.42. The Morgan fingerprint density at radius 2 is 2.00 bits per heavy atom. The van der Waals surface area contributed by atoms with E-state index in [1.165, 1.54) is 11.1 Å². The van der Waals surface area contributed by atoms with Crippen LogP contribution < -0.4 is 5.32 Å². The first kappa shape index (κ1) is 26.4. The van der Waals surface area contributed by atoms with Gasteiger partial charge >= 0.3 is 6.09 Å². The highest BCUT2D eigenvalue weighted by Gasteiger charge is 2.51. The third-order valence-corrected chi connectivity index (χ3v) is 8.36. The topological polar surface area (TPSA) is 106 Å². The summed E-state index contributed by atoms with van der Waals surface area (Å²) in [5.74, 6) is -0.193. The van der Waals surface area contributed by atoms with Crippen LogP contribution in [0.4, 0.5) is 10.5 Å². The first-order valence-corrected chi connectivity index (χ1v) is 13.0. The van der Waals surface area contributed by atoms with Gasteiger partial charge in [-0.2, -0.15) is 0 Å². The van der Waals surface area contributed by atoms with Crippen LogP contribution in [-0.2, 0) is 9.63 Å². The molecule has 2 heterocycles. The molecule has 1 aromatic rings. The van der Waals surface area contributed by atoms with E-state index in [0.29, 0.717) is 41.8 Å². The molecule has 1 aromatic carbocycles. The van der Waals surface area contributed by atoms with Crippen molar-refractivity contribution in [2.24, 2.45) is 5.41 Å². The number of piperidine rings is 1. The number of carbonyl (C=O) groups excluding carboxylic acids is 2. The Balaban J connectivity index is 1.23. The van der Waals surface area contributed by atoms with E-state index in [4.69, 9.17) is 28.0 Å². The summed E-state index contributed by atoms with van der Waals surface area (Å²) in [4.78, 5) is 34.7. The van der Waals surface area contributed by atoms with Crippen LogP contribution in [0, 0.1) is 5.41 Å². The number of anilines is 1. The van der Waals surface area contributed by atoms with Crippen LogP contribution in [-0.4, -0.2) is 94.6 Å². The summed E-state index contributed by atoms with van der Waals surface area (Å²) in [6.45, 7) is 4.78. The minimum absolute atomic E-state index is 0.122. The van der Waals surface area contributed by atoms with Crippen molar-refractivity contribution in [1.82, 2.24) is 14.9 Å². The monoisotopic (exact) mass is 528 g/mol. The predicted molar refractivity (Wildman–Crippen MR) is 133 cm³/mol. The molecule has 0 bridgehead atoms. The Labute approximate surface area is 215 Å². The average molecular weight is 529 g/mol. The smallest absolute Gasteiger partial charge is 0.394 e. The Bertz CT molecular complexity index is 931. The van der Waals surface area contributed by atoms with Crippen LogP contribution in [0.25, 0.3) is 0 Å². The number of halogens is 2. The summed E-state index contributed by atoms with van der Waals surface area (Å²) in [6.07, 6.45) is 3.86. The molecular weight excluding hydrogens is 495 g/mol. The Morgan fingerprint density at radius 3 is 2.66 bits per heavy atom. The van der Waals surface area contributed by atoms with Gasteiger partial charge < -0.3 is 24.9 Å². The number of carbonyl (C=O) groups is 2. The lowest BCUT2D eigenvalue weighted by Crippen LogP contribution is -2.59. The van der Waals surface area contributed by atoms with Gasteiger partial charge in [-0.1, -0.05) is 23.2 Å². The van der Waals surface area contributed by atoms with Crippen LogP contribution in [0.2, 0.25) is 10.0 Å².